The van der Waals surface area contributed by atoms with Gasteiger partial charge in [-0.05, 0) is 62.1 Å². The molecule has 0 amide bonds. The van der Waals surface area contributed by atoms with Crippen LogP contribution < -0.4 is 10.6 Å². The Bertz CT molecular complexity index is 1460. The highest BCUT2D eigenvalue weighted by Gasteiger charge is 2.39. The van der Waals surface area contributed by atoms with Crippen LogP contribution in [0.25, 0.3) is 21.8 Å². The summed E-state index contributed by atoms with van der Waals surface area (Å²) < 4.78 is 83.6. The number of halogens is 7. The van der Waals surface area contributed by atoms with Crippen molar-refractivity contribution in [2.45, 2.75) is 50.1 Å². The lowest BCUT2D eigenvalue weighted by Gasteiger charge is -2.39. The molecular formula is C26H21ClF6N4. The van der Waals surface area contributed by atoms with E-state index in [4.69, 9.17) is 17.3 Å². The first-order valence-corrected chi connectivity index (χ1v) is 12.0. The molecule has 1 saturated carbocycles. The lowest BCUT2D eigenvalue weighted by molar-refractivity contribution is -0.142. The van der Waals surface area contributed by atoms with E-state index >= 15 is 0 Å². The zero-order valence-electron chi connectivity index (χ0n) is 19.2. The van der Waals surface area contributed by atoms with Crippen LogP contribution in [0.5, 0.6) is 0 Å². The van der Waals surface area contributed by atoms with E-state index in [2.05, 4.69) is 9.97 Å². The van der Waals surface area contributed by atoms with Gasteiger partial charge in [0.2, 0.25) is 0 Å². The number of para-hydroxylation sites is 1. The summed E-state index contributed by atoms with van der Waals surface area (Å²) in [6.45, 7) is 0. The van der Waals surface area contributed by atoms with Crippen molar-refractivity contribution in [1.82, 2.24) is 9.97 Å². The third-order valence-corrected chi connectivity index (χ3v) is 6.96. The fraction of sp³-hybridized carbons (Fsp3) is 0.308. The Labute approximate surface area is 213 Å². The molecule has 0 aliphatic heterocycles. The van der Waals surface area contributed by atoms with Crippen LogP contribution in [0.2, 0.25) is 5.02 Å². The van der Waals surface area contributed by atoms with Gasteiger partial charge >= 0.3 is 12.4 Å². The number of pyridine rings is 2. The van der Waals surface area contributed by atoms with E-state index in [-0.39, 0.29) is 23.2 Å². The van der Waals surface area contributed by atoms with Crippen molar-refractivity contribution >= 4 is 44.8 Å². The minimum atomic E-state index is -4.96. The van der Waals surface area contributed by atoms with Crippen LogP contribution in [-0.2, 0) is 12.4 Å². The summed E-state index contributed by atoms with van der Waals surface area (Å²) in [5.41, 5.74) is 3.73. The van der Waals surface area contributed by atoms with Gasteiger partial charge in [0.1, 0.15) is 5.69 Å². The summed E-state index contributed by atoms with van der Waals surface area (Å²) in [6, 6.07) is 10.4. The number of fused-ring (bicyclic) bond motifs is 2. The fourth-order valence-corrected chi connectivity index (χ4v) is 5.17. The lowest BCUT2D eigenvalue weighted by atomic mass is 9.89. The van der Waals surface area contributed by atoms with Crippen LogP contribution in [-0.4, -0.2) is 22.1 Å². The molecule has 11 heteroatoms. The van der Waals surface area contributed by atoms with Crippen molar-refractivity contribution < 1.29 is 26.3 Å². The highest BCUT2D eigenvalue weighted by atomic mass is 35.5. The van der Waals surface area contributed by atoms with E-state index < -0.39 is 29.1 Å². The van der Waals surface area contributed by atoms with Gasteiger partial charge in [0.15, 0.2) is 0 Å². The molecule has 0 bridgehead atoms. The molecule has 2 aromatic heterocycles. The molecule has 1 fully saturated rings. The first-order chi connectivity index (χ1) is 17.4. The molecule has 0 saturated heterocycles. The Hall–Kier alpha value is -3.11. The number of hydrogen-bond acceptors (Lipinski definition) is 4. The van der Waals surface area contributed by atoms with E-state index in [9.17, 15) is 26.3 Å². The summed E-state index contributed by atoms with van der Waals surface area (Å²) in [5, 5.41) is 1.000. The average molecular weight is 539 g/mol. The Morgan fingerprint density at radius 1 is 0.838 bits per heavy atom. The third-order valence-electron chi connectivity index (χ3n) is 6.72. The van der Waals surface area contributed by atoms with Crippen LogP contribution in [0, 0.1) is 0 Å². The van der Waals surface area contributed by atoms with Crippen molar-refractivity contribution in [1.29, 1.82) is 0 Å². The van der Waals surface area contributed by atoms with Gasteiger partial charge in [-0.1, -0.05) is 23.7 Å². The predicted molar refractivity (Wildman–Crippen MR) is 131 cm³/mol. The molecule has 0 atom stereocenters. The molecule has 1 aliphatic carbocycles. The lowest BCUT2D eigenvalue weighted by Crippen LogP contribution is -2.38. The van der Waals surface area contributed by atoms with Crippen LogP contribution in [0.4, 0.5) is 37.7 Å². The molecule has 5 rings (SSSR count). The van der Waals surface area contributed by atoms with Crippen molar-refractivity contribution in [2.75, 3.05) is 4.90 Å². The monoisotopic (exact) mass is 538 g/mol. The molecule has 0 radical (unpaired) electrons. The maximum absolute atomic E-state index is 14.0. The van der Waals surface area contributed by atoms with Crippen molar-refractivity contribution in [3.05, 3.63) is 71.0 Å². The van der Waals surface area contributed by atoms with E-state index in [0.29, 0.717) is 47.3 Å². The number of nitrogens with two attached hydrogens (primary N) is 1. The van der Waals surface area contributed by atoms with Crippen molar-refractivity contribution in [3.8, 4) is 0 Å². The summed E-state index contributed by atoms with van der Waals surface area (Å²) in [4.78, 5) is 9.49. The van der Waals surface area contributed by atoms with E-state index in [1.807, 2.05) is 0 Å². The predicted octanol–water partition coefficient (Wildman–Crippen LogP) is 7.88. The second-order valence-corrected chi connectivity index (χ2v) is 9.59. The van der Waals surface area contributed by atoms with E-state index in [0.717, 1.165) is 12.1 Å². The number of benzene rings is 2. The maximum Gasteiger partial charge on any atom is 0.433 e. The first-order valence-electron chi connectivity index (χ1n) is 11.6. The van der Waals surface area contributed by atoms with Gasteiger partial charge in [0.25, 0.3) is 0 Å². The molecule has 2 aromatic carbocycles. The second-order valence-electron chi connectivity index (χ2n) is 9.15. The number of alkyl halides is 6. The van der Waals surface area contributed by atoms with Crippen LogP contribution >= 0.6 is 11.6 Å². The maximum atomic E-state index is 14.0. The SMILES string of the molecule is NC1CCC(N(c2ccnc3cc(Cl)ccc23)c2cc(C(F)(F)F)nc3c(C(F)(F)F)cccc23)CC1. The Morgan fingerprint density at radius 3 is 2.24 bits per heavy atom. The Balaban J connectivity index is 1.85. The van der Waals surface area contributed by atoms with Crippen LogP contribution in [0.3, 0.4) is 0 Å². The summed E-state index contributed by atoms with van der Waals surface area (Å²) in [7, 11) is 0. The van der Waals surface area contributed by atoms with Gasteiger partial charge in [-0.25, -0.2) is 4.98 Å². The Kier molecular flexibility index (Phi) is 6.44. The molecule has 1 aliphatic rings. The molecule has 2 N–H and O–H groups in total. The van der Waals surface area contributed by atoms with Crippen molar-refractivity contribution in [2.24, 2.45) is 5.73 Å². The quantitative estimate of drug-likeness (QED) is 0.270. The molecule has 37 heavy (non-hydrogen) atoms. The molecule has 0 spiro atoms. The largest absolute Gasteiger partial charge is 0.433 e. The molecule has 194 valence electrons. The third kappa shape index (κ3) is 4.92. The molecule has 0 unspecified atom stereocenters. The van der Waals surface area contributed by atoms with Gasteiger partial charge in [0.05, 0.1) is 28.0 Å². The van der Waals surface area contributed by atoms with Crippen LogP contribution in [0.15, 0.2) is 54.7 Å². The van der Waals surface area contributed by atoms with Gasteiger partial charge in [0, 0.05) is 34.1 Å². The fourth-order valence-electron chi connectivity index (χ4n) is 5.00. The highest BCUT2D eigenvalue weighted by Crippen LogP contribution is 2.45. The highest BCUT2D eigenvalue weighted by molar-refractivity contribution is 6.31. The zero-order chi connectivity index (χ0) is 26.5. The summed E-state index contributed by atoms with van der Waals surface area (Å²) in [6.07, 6.45) is -6.01. The second kappa shape index (κ2) is 9.33. The smallest absolute Gasteiger partial charge is 0.337 e. The van der Waals surface area contributed by atoms with Gasteiger partial charge in [-0.2, -0.15) is 26.3 Å². The normalized spacial score (nSPS) is 18.9. The van der Waals surface area contributed by atoms with E-state index in [1.54, 1.807) is 29.2 Å². The molecule has 4 aromatic rings. The Morgan fingerprint density at radius 2 is 1.57 bits per heavy atom. The summed E-state index contributed by atoms with van der Waals surface area (Å²) in [5.74, 6) is 0. The standard InChI is InChI=1S/C26H21ClF6N4/c27-14-4-9-17-20(12-14)35-11-10-21(17)37(16-7-5-15(34)6-8-16)22-13-23(26(31,32)33)36-24-18(22)2-1-3-19(24)25(28,29)30/h1-4,9-13,15-16H,5-8,34H2. The number of nitrogens with zero attached hydrogens (tertiary/aromatic N) is 3. The van der Waals surface area contributed by atoms with Gasteiger partial charge < -0.3 is 10.6 Å². The minimum absolute atomic E-state index is 0.00801. The topological polar surface area (TPSA) is 55.0 Å². The summed E-state index contributed by atoms with van der Waals surface area (Å²) >= 11 is 6.13. The first kappa shape index (κ1) is 25.5. The molecule has 2 heterocycles. The van der Waals surface area contributed by atoms with Crippen molar-refractivity contribution in [3.63, 3.8) is 0 Å². The number of aromatic nitrogens is 2. The number of anilines is 2. The van der Waals surface area contributed by atoms with E-state index in [1.165, 1.54) is 18.3 Å². The zero-order valence-corrected chi connectivity index (χ0v) is 20.0. The number of rotatable bonds is 3. The van der Waals surface area contributed by atoms with Gasteiger partial charge in [-0.3, -0.25) is 4.98 Å². The molecule has 4 nitrogen and oxygen atoms in total. The minimum Gasteiger partial charge on any atom is -0.337 e. The number of hydrogen-bond donors (Lipinski definition) is 1. The molecular weight excluding hydrogens is 518 g/mol. The van der Waals surface area contributed by atoms with Gasteiger partial charge in [-0.15, -0.1) is 0 Å². The average Bonchev–Trinajstić information content (AvgIpc) is 2.83. The van der Waals surface area contributed by atoms with Crippen LogP contribution in [0.1, 0.15) is 36.9 Å².